The van der Waals surface area contributed by atoms with Gasteiger partial charge in [-0.1, -0.05) is 6.42 Å². The SMILES string of the molecule is O[C@@H]1CC2CC(CN3CCCCC3)CC2C[C@@H]1O. The molecular formula is C15H27NO2. The van der Waals surface area contributed by atoms with Crippen molar-refractivity contribution in [2.24, 2.45) is 17.8 Å². The highest BCUT2D eigenvalue weighted by molar-refractivity contribution is 4.93. The molecule has 0 radical (unpaired) electrons. The van der Waals surface area contributed by atoms with E-state index in [1.807, 2.05) is 0 Å². The van der Waals surface area contributed by atoms with Crippen LogP contribution in [0.25, 0.3) is 0 Å². The summed E-state index contributed by atoms with van der Waals surface area (Å²) in [6.07, 6.45) is 7.47. The Bertz CT molecular complexity index is 260. The van der Waals surface area contributed by atoms with E-state index in [0.717, 1.165) is 18.8 Å². The lowest BCUT2D eigenvalue weighted by Crippen LogP contribution is -2.36. The molecule has 0 amide bonds. The molecule has 0 aromatic carbocycles. The lowest BCUT2D eigenvalue weighted by Gasteiger charge is -2.32. The molecule has 104 valence electrons. The number of fused-ring (bicyclic) bond motifs is 1. The van der Waals surface area contributed by atoms with Crippen molar-refractivity contribution in [1.82, 2.24) is 4.90 Å². The molecule has 0 aromatic rings. The summed E-state index contributed by atoms with van der Waals surface area (Å²) in [5.74, 6) is 2.17. The molecule has 1 saturated heterocycles. The van der Waals surface area contributed by atoms with Gasteiger partial charge in [0.2, 0.25) is 0 Å². The summed E-state index contributed by atoms with van der Waals surface area (Å²) < 4.78 is 0. The van der Waals surface area contributed by atoms with E-state index in [1.165, 1.54) is 51.7 Å². The van der Waals surface area contributed by atoms with Gasteiger partial charge in [-0.3, -0.25) is 0 Å². The molecule has 0 bridgehead atoms. The van der Waals surface area contributed by atoms with Gasteiger partial charge in [-0.2, -0.15) is 0 Å². The van der Waals surface area contributed by atoms with Gasteiger partial charge in [0.05, 0.1) is 12.2 Å². The molecule has 0 aromatic heterocycles. The third kappa shape index (κ3) is 2.73. The Morgan fingerprint density at radius 1 is 0.778 bits per heavy atom. The maximum Gasteiger partial charge on any atom is 0.0802 e. The Morgan fingerprint density at radius 3 is 1.89 bits per heavy atom. The average Bonchev–Trinajstić information content (AvgIpc) is 2.72. The van der Waals surface area contributed by atoms with Crippen LogP contribution in [0.15, 0.2) is 0 Å². The van der Waals surface area contributed by atoms with Crippen LogP contribution in [-0.4, -0.2) is 47.0 Å². The first-order valence-electron chi connectivity index (χ1n) is 7.81. The van der Waals surface area contributed by atoms with Crippen molar-refractivity contribution in [1.29, 1.82) is 0 Å². The molecular weight excluding hydrogens is 226 g/mol. The monoisotopic (exact) mass is 253 g/mol. The van der Waals surface area contributed by atoms with Crippen LogP contribution in [-0.2, 0) is 0 Å². The van der Waals surface area contributed by atoms with Gasteiger partial charge in [-0.25, -0.2) is 0 Å². The van der Waals surface area contributed by atoms with Gasteiger partial charge in [-0.15, -0.1) is 0 Å². The third-order valence-electron chi connectivity index (χ3n) is 5.44. The minimum absolute atomic E-state index is 0.458. The molecule has 3 nitrogen and oxygen atoms in total. The van der Waals surface area contributed by atoms with Crippen LogP contribution in [0.2, 0.25) is 0 Å². The summed E-state index contributed by atoms with van der Waals surface area (Å²) in [7, 11) is 0. The molecule has 18 heavy (non-hydrogen) atoms. The van der Waals surface area contributed by atoms with Crippen LogP contribution in [0.5, 0.6) is 0 Å². The fraction of sp³-hybridized carbons (Fsp3) is 1.00. The van der Waals surface area contributed by atoms with Gasteiger partial charge >= 0.3 is 0 Å². The van der Waals surface area contributed by atoms with Crippen LogP contribution in [0.3, 0.4) is 0 Å². The molecule has 1 heterocycles. The zero-order valence-electron chi connectivity index (χ0n) is 11.3. The van der Waals surface area contributed by atoms with E-state index < -0.39 is 12.2 Å². The Morgan fingerprint density at radius 2 is 1.33 bits per heavy atom. The van der Waals surface area contributed by atoms with Crippen molar-refractivity contribution < 1.29 is 10.2 Å². The van der Waals surface area contributed by atoms with E-state index >= 15 is 0 Å². The zero-order valence-corrected chi connectivity index (χ0v) is 11.3. The summed E-state index contributed by atoms with van der Waals surface area (Å²) >= 11 is 0. The maximum atomic E-state index is 9.77. The Labute approximate surface area is 110 Å². The second-order valence-corrected chi connectivity index (χ2v) is 6.82. The van der Waals surface area contributed by atoms with E-state index in [0.29, 0.717) is 11.8 Å². The second-order valence-electron chi connectivity index (χ2n) is 6.82. The highest BCUT2D eigenvalue weighted by Gasteiger charge is 2.41. The number of aliphatic hydroxyl groups excluding tert-OH is 2. The van der Waals surface area contributed by atoms with E-state index in [2.05, 4.69) is 4.90 Å². The van der Waals surface area contributed by atoms with Crippen molar-refractivity contribution in [3.05, 3.63) is 0 Å². The summed E-state index contributed by atoms with van der Waals surface area (Å²) in [6.45, 7) is 3.84. The minimum atomic E-state index is -0.458. The minimum Gasteiger partial charge on any atom is -0.390 e. The second kappa shape index (κ2) is 5.48. The summed E-state index contributed by atoms with van der Waals surface area (Å²) in [5, 5.41) is 19.5. The smallest absolute Gasteiger partial charge is 0.0802 e. The molecule has 3 fully saturated rings. The van der Waals surface area contributed by atoms with Crippen LogP contribution >= 0.6 is 0 Å². The largest absolute Gasteiger partial charge is 0.390 e. The molecule has 3 unspecified atom stereocenters. The fourth-order valence-corrected chi connectivity index (χ4v) is 4.51. The maximum absolute atomic E-state index is 9.77. The van der Waals surface area contributed by atoms with Gasteiger partial charge in [0, 0.05) is 6.54 Å². The lowest BCUT2D eigenvalue weighted by atomic mass is 9.79. The number of hydrogen-bond acceptors (Lipinski definition) is 3. The highest BCUT2D eigenvalue weighted by Crippen LogP contribution is 2.45. The Balaban J connectivity index is 1.51. The normalized spacial score (nSPS) is 46.0. The van der Waals surface area contributed by atoms with E-state index in [4.69, 9.17) is 0 Å². The molecule has 3 aliphatic rings. The van der Waals surface area contributed by atoms with E-state index in [-0.39, 0.29) is 0 Å². The summed E-state index contributed by atoms with van der Waals surface area (Å²) in [4.78, 5) is 2.64. The number of hydrogen-bond donors (Lipinski definition) is 2. The molecule has 2 aliphatic carbocycles. The van der Waals surface area contributed by atoms with Crippen LogP contribution in [0.4, 0.5) is 0 Å². The predicted molar refractivity (Wildman–Crippen MR) is 71.2 cm³/mol. The summed E-state index contributed by atoms with van der Waals surface area (Å²) in [5.41, 5.74) is 0. The van der Waals surface area contributed by atoms with Crippen LogP contribution < -0.4 is 0 Å². The van der Waals surface area contributed by atoms with Crippen LogP contribution in [0.1, 0.15) is 44.9 Å². The number of rotatable bonds is 2. The number of likely N-dealkylation sites (tertiary alicyclic amines) is 1. The van der Waals surface area contributed by atoms with Gasteiger partial charge in [0.15, 0.2) is 0 Å². The molecule has 2 saturated carbocycles. The molecule has 5 atom stereocenters. The fourth-order valence-electron chi connectivity index (χ4n) is 4.51. The lowest BCUT2D eigenvalue weighted by molar-refractivity contribution is -0.0408. The van der Waals surface area contributed by atoms with Crippen molar-refractivity contribution in [2.45, 2.75) is 57.2 Å². The van der Waals surface area contributed by atoms with Crippen molar-refractivity contribution in [3.63, 3.8) is 0 Å². The van der Waals surface area contributed by atoms with Gasteiger partial charge in [0.25, 0.3) is 0 Å². The average molecular weight is 253 g/mol. The van der Waals surface area contributed by atoms with E-state index in [1.54, 1.807) is 0 Å². The Hall–Kier alpha value is -0.120. The first-order valence-corrected chi connectivity index (χ1v) is 7.81. The standard InChI is InChI=1S/C15H27NO2/c17-14-8-12-6-11(7-13(12)9-15(14)18)10-16-4-2-1-3-5-16/h11-15,17-18H,1-10H2/t11?,12?,13?,14-,15+. The van der Waals surface area contributed by atoms with Crippen LogP contribution in [0, 0.1) is 17.8 Å². The third-order valence-corrected chi connectivity index (χ3v) is 5.44. The first-order chi connectivity index (χ1) is 8.72. The van der Waals surface area contributed by atoms with Gasteiger partial charge in [0.1, 0.15) is 0 Å². The summed E-state index contributed by atoms with van der Waals surface area (Å²) in [6, 6.07) is 0. The first kappa shape index (κ1) is 12.9. The molecule has 3 heteroatoms. The van der Waals surface area contributed by atoms with Gasteiger partial charge < -0.3 is 15.1 Å². The molecule has 1 aliphatic heterocycles. The van der Waals surface area contributed by atoms with E-state index in [9.17, 15) is 10.2 Å². The Kier molecular flexibility index (Phi) is 3.92. The van der Waals surface area contributed by atoms with Crippen molar-refractivity contribution >= 4 is 0 Å². The molecule has 0 spiro atoms. The topological polar surface area (TPSA) is 43.7 Å². The number of nitrogens with zero attached hydrogens (tertiary/aromatic N) is 1. The van der Waals surface area contributed by atoms with Gasteiger partial charge in [-0.05, 0) is 69.4 Å². The van der Waals surface area contributed by atoms with Crippen molar-refractivity contribution in [2.75, 3.05) is 19.6 Å². The highest BCUT2D eigenvalue weighted by atomic mass is 16.3. The quantitative estimate of drug-likeness (QED) is 0.786. The number of aliphatic hydroxyl groups is 2. The molecule has 3 rings (SSSR count). The molecule has 2 N–H and O–H groups in total. The van der Waals surface area contributed by atoms with Crippen molar-refractivity contribution in [3.8, 4) is 0 Å². The zero-order chi connectivity index (χ0) is 12.5. The number of piperidine rings is 1. The predicted octanol–water partition coefficient (Wildman–Crippen LogP) is 1.63.